The lowest BCUT2D eigenvalue weighted by Gasteiger charge is -2.30. The van der Waals surface area contributed by atoms with Gasteiger partial charge in [0.15, 0.2) is 0 Å². The second-order valence-electron chi connectivity index (χ2n) is 6.56. The summed E-state index contributed by atoms with van der Waals surface area (Å²) in [6, 6.07) is -0.371. The van der Waals surface area contributed by atoms with E-state index >= 15 is 0 Å². The van der Waals surface area contributed by atoms with Gasteiger partial charge in [0, 0.05) is 19.7 Å². The van der Waals surface area contributed by atoms with Gasteiger partial charge in [0.05, 0.1) is 65.0 Å². The zero-order chi connectivity index (χ0) is 21.6. The molecule has 0 rings (SSSR count). The molecule has 0 radical (unpaired) electrons. The Morgan fingerprint density at radius 2 is 1.38 bits per heavy atom. The maximum Gasteiger partial charge on any atom is 0.107 e. The first-order valence-electron chi connectivity index (χ1n) is 10.3. The van der Waals surface area contributed by atoms with Crippen LogP contribution in [0.15, 0.2) is 0 Å². The van der Waals surface area contributed by atoms with Crippen LogP contribution in [-0.4, -0.2) is 118 Å². The number of hydrogen-bond acceptors (Lipinski definition) is 9. The molecule has 29 heavy (non-hydrogen) atoms. The first-order chi connectivity index (χ1) is 14.2. The van der Waals surface area contributed by atoms with Crippen molar-refractivity contribution < 1.29 is 34.3 Å². The van der Waals surface area contributed by atoms with Gasteiger partial charge in [-0.25, -0.2) is 0 Å². The third-order valence-electron chi connectivity index (χ3n) is 4.19. The number of aliphatic hydroxyl groups is 3. The van der Waals surface area contributed by atoms with E-state index in [0.717, 1.165) is 19.3 Å². The van der Waals surface area contributed by atoms with Crippen molar-refractivity contribution in [1.29, 1.82) is 0 Å². The predicted molar refractivity (Wildman–Crippen MR) is 111 cm³/mol. The standard InChI is InChI=1S/C20H40N2O7/c1-2-7-26-9-11-28-13-14-29-12-10-27-8-5-3-4-6-22(16-20(25)15-21)19(17-23)18-24/h1,19-20,23-25H,3-18,21H2. The first kappa shape index (κ1) is 28.2. The lowest BCUT2D eigenvalue weighted by atomic mass is 10.2. The summed E-state index contributed by atoms with van der Waals surface area (Å²) >= 11 is 0. The highest BCUT2D eigenvalue weighted by atomic mass is 16.6. The van der Waals surface area contributed by atoms with E-state index in [4.69, 9.17) is 31.1 Å². The number of aliphatic hydroxyl groups excluding tert-OH is 3. The Morgan fingerprint density at radius 1 is 0.828 bits per heavy atom. The van der Waals surface area contributed by atoms with Gasteiger partial charge >= 0.3 is 0 Å². The molecule has 9 nitrogen and oxygen atoms in total. The van der Waals surface area contributed by atoms with Gasteiger partial charge in [-0.1, -0.05) is 5.92 Å². The minimum Gasteiger partial charge on any atom is -0.395 e. The van der Waals surface area contributed by atoms with E-state index in [1.54, 1.807) is 0 Å². The number of ether oxygens (including phenoxy) is 4. The van der Waals surface area contributed by atoms with Crippen molar-refractivity contribution in [3.8, 4) is 12.3 Å². The molecule has 1 atom stereocenters. The number of unbranched alkanes of at least 4 members (excludes halogenated alkanes) is 2. The molecule has 0 aromatic heterocycles. The number of nitrogens with zero attached hydrogens (tertiary/aromatic N) is 1. The van der Waals surface area contributed by atoms with E-state index in [1.165, 1.54) is 0 Å². The monoisotopic (exact) mass is 420 g/mol. The Kier molecular flexibility index (Phi) is 21.3. The van der Waals surface area contributed by atoms with Crippen LogP contribution in [0.25, 0.3) is 0 Å². The van der Waals surface area contributed by atoms with Gasteiger partial charge < -0.3 is 40.0 Å². The second-order valence-corrected chi connectivity index (χ2v) is 6.56. The van der Waals surface area contributed by atoms with Crippen molar-refractivity contribution in [2.45, 2.75) is 31.4 Å². The summed E-state index contributed by atoms with van der Waals surface area (Å²) in [5.41, 5.74) is 5.45. The molecular weight excluding hydrogens is 380 g/mol. The normalized spacial score (nSPS) is 12.6. The van der Waals surface area contributed by atoms with E-state index in [9.17, 15) is 15.3 Å². The fraction of sp³-hybridized carbons (Fsp3) is 0.900. The van der Waals surface area contributed by atoms with E-state index in [0.29, 0.717) is 65.9 Å². The molecule has 0 bridgehead atoms. The highest BCUT2D eigenvalue weighted by Crippen LogP contribution is 2.05. The molecule has 0 saturated carbocycles. The summed E-state index contributed by atoms with van der Waals surface area (Å²) in [5, 5.41) is 28.4. The largest absolute Gasteiger partial charge is 0.395 e. The number of hydrogen-bond donors (Lipinski definition) is 4. The van der Waals surface area contributed by atoms with Crippen molar-refractivity contribution in [3.05, 3.63) is 0 Å². The zero-order valence-corrected chi connectivity index (χ0v) is 17.5. The molecule has 0 aliphatic heterocycles. The molecule has 1 unspecified atom stereocenters. The minimum atomic E-state index is -0.661. The zero-order valence-electron chi connectivity index (χ0n) is 17.5. The number of terminal acetylenes is 1. The Balaban J connectivity index is 3.51. The fourth-order valence-electron chi connectivity index (χ4n) is 2.54. The van der Waals surface area contributed by atoms with Crippen LogP contribution in [0.5, 0.6) is 0 Å². The Bertz CT molecular complexity index is 378. The van der Waals surface area contributed by atoms with Crippen molar-refractivity contribution in [1.82, 2.24) is 4.90 Å². The molecule has 0 spiro atoms. The molecule has 0 aliphatic carbocycles. The average Bonchev–Trinajstić information content (AvgIpc) is 2.73. The second kappa shape index (κ2) is 21.9. The molecule has 0 heterocycles. The van der Waals surface area contributed by atoms with E-state index in [1.807, 2.05) is 4.90 Å². The van der Waals surface area contributed by atoms with Crippen LogP contribution in [0.3, 0.4) is 0 Å². The van der Waals surface area contributed by atoms with Crippen LogP contribution in [0.1, 0.15) is 19.3 Å². The lowest BCUT2D eigenvalue weighted by molar-refractivity contribution is 0.000713. The van der Waals surface area contributed by atoms with E-state index < -0.39 is 6.10 Å². The van der Waals surface area contributed by atoms with Crippen molar-refractivity contribution in [2.75, 3.05) is 85.7 Å². The summed E-state index contributed by atoms with van der Waals surface area (Å²) in [6.07, 6.45) is 7.15. The van der Waals surface area contributed by atoms with Crippen LogP contribution in [-0.2, 0) is 18.9 Å². The van der Waals surface area contributed by atoms with E-state index in [-0.39, 0.29) is 25.8 Å². The van der Waals surface area contributed by atoms with Crippen LogP contribution < -0.4 is 5.73 Å². The summed E-state index contributed by atoms with van der Waals surface area (Å²) < 4.78 is 21.3. The molecule has 5 N–H and O–H groups in total. The molecule has 0 aromatic carbocycles. The fourth-order valence-corrected chi connectivity index (χ4v) is 2.54. The van der Waals surface area contributed by atoms with E-state index in [2.05, 4.69) is 5.92 Å². The summed E-state index contributed by atoms with van der Waals surface area (Å²) in [6.45, 7) is 4.91. The molecule has 9 heteroatoms. The highest BCUT2D eigenvalue weighted by molar-refractivity contribution is 4.82. The van der Waals surface area contributed by atoms with Gasteiger partial charge in [0.2, 0.25) is 0 Å². The number of nitrogens with two attached hydrogens (primary N) is 1. The Morgan fingerprint density at radius 3 is 1.90 bits per heavy atom. The third-order valence-corrected chi connectivity index (χ3v) is 4.19. The smallest absolute Gasteiger partial charge is 0.107 e. The molecule has 0 fully saturated rings. The maximum absolute atomic E-state index is 9.72. The van der Waals surface area contributed by atoms with Crippen molar-refractivity contribution in [3.63, 3.8) is 0 Å². The van der Waals surface area contributed by atoms with Crippen molar-refractivity contribution in [2.24, 2.45) is 5.73 Å². The van der Waals surface area contributed by atoms with Gasteiger partial charge in [-0.15, -0.1) is 6.42 Å². The molecule has 0 amide bonds. The molecule has 0 aliphatic rings. The summed E-state index contributed by atoms with van der Waals surface area (Å²) in [5.74, 6) is 2.39. The van der Waals surface area contributed by atoms with Gasteiger partial charge in [0.25, 0.3) is 0 Å². The SMILES string of the molecule is C#CCOCCOCCOCCOCCCCCN(CC(O)CN)C(CO)CO. The lowest BCUT2D eigenvalue weighted by Crippen LogP contribution is -2.46. The molecule has 0 aromatic rings. The van der Waals surface area contributed by atoms with Crippen molar-refractivity contribution >= 4 is 0 Å². The van der Waals surface area contributed by atoms with Crippen LogP contribution in [0, 0.1) is 12.3 Å². The summed E-state index contributed by atoms with van der Waals surface area (Å²) in [4.78, 5) is 1.88. The quantitative estimate of drug-likeness (QED) is 0.127. The maximum atomic E-state index is 9.72. The van der Waals surface area contributed by atoms with Crippen LogP contribution >= 0.6 is 0 Å². The van der Waals surface area contributed by atoms with Gasteiger partial charge in [-0.3, -0.25) is 4.90 Å². The third kappa shape index (κ3) is 17.7. The molecular formula is C20H40N2O7. The molecule has 172 valence electrons. The topological polar surface area (TPSA) is 127 Å². The van der Waals surface area contributed by atoms with Crippen LogP contribution in [0.4, 0.5) is 0 Å². The van der Waals surface area contributed by atoms with Gasteiger partial charge in [-0.05, 0) is 25.8 Å². The number of rotatable bonds is 22. The van der Waals surface area contributed by atoms with Crippen LogP contribution in [0.2, 0.25) is 0 Å². The Labute approximate surface area is 175 Å². The minimum absolute atomic E-state index is 0.151. The highest BCUT2D eigenvalue weighted by Gasteiger charge is 2.19. The Hall–Kier alpha value is -0.800. The van der Waals surface area contributed by atoms with Gasteiger partial charge in [-0.2, -0.15) is 0 Å². The average molecular weight is 421 g/mol. The predicted octanol–water partition coefficient (Wildman–Crippen LogP) is -1.17. The van der Waals surface area contributed by atoms with Gasteiger partial charge in [0.1, 0.15) is 6.61 Å². The first-order valence-corrected chi connectivity index (χ1v) is 10.3. The molecule has 0 saturated heterocycles. The summed E-state index contributed by atoms with van der Waals surface area (Å²) in [7, 11) is 0.